The van der Waals surface area contributed by atoms with Gasteiger partial charge in [-0.1, -0.05) is 36.9 Å². The van der Waals surface area contributed by atoms with E-state index in [1.807, 2.05) is 23.0 Å². The molecule has 0 unspecified atom stereocenters. The third-order valence-corrected chi connectivity index (χ3v) is 2.21. The predicted octanol–water partition coefficient (Wildman–Crippen LogP) is -1.00. The fourth-order valence-corrected chi connectivity index (χ4v) is 1.48. The largest absolute Gasteiger partial charge is 1.00 e. The lowest BCUT2D eigenvalue weighted by Gasteiger charge is -1.95. The van der Waals surface area contributed by atoms with Crippen LogP contribution in [0, 0.1) is 0 Å². The molecule has 0 aliphatic heterocycles. The van der Waals surface area contributed by atoms with E-state index >= 15 is 0 Å². The minimum absolute atomic E-state index is 0. The zero-order valence-electron chi connectivity index (χ0n) is 8.36. The summed E-state index contributed by atoms with van der Waals surface area (Å²) in [4.78, 5) is 3.20. The average Bonchev–Trinajstić information content (AvgIpc) is 2.67. The lowest BCUT2D eigenvalue weighted by molar-refractivity contribution is -0.574. The van der Waals surface area contributed by atoms with Crippen LogP contribution in [0.25, 0.3) is 6.20 Å². The second-order valence-corrected chi connectivity index (χ2v) is 3.16. The first-order valence-corrected chi connectivity index (χ1v) is 4.64. The molecule has 0 aliphatic carbocycles. The number of imidazole rings is 1. The molecule has 0 radical (unpaired) electrons. The molecule has 1 aromatic heterocycles. The Morgan fingerprint density at radius 3 is 2.67 bits per heavy atom. The van der Waals surface area contributed by atoms with Gasteiger partial charge in [-0.25, -0.2) is 9.55 Å². The molecule has 0 fully saturated rings. The van der Waals surface area contributed by atoms with E-state index in [2.05, 4.69) is 35.8 Å². The van der Waals surface area contributed by atoms with E-state index in [1.165, 1.54) is 5.56 Å². The lowest BCUT2D eigenvalue weighted by atomic mass is 10.1. The summed E-state index contributed by atoms with van der Waals surface area (Å²) in [5.41, 5.74) is 1.30. The zero-order chi connectivity index (χ0) is 9.80. The Hall–Kier alpha value is -1.54. The van der Waals surface area contributed by atoms with Crippen molar-refractivity contribution >= 4 is 6.20 Å². The van der Waals surface area contributed by atoms with Gasteiger partial charge >= 0.3 is 0 Å². The first kappa shape index (κ1) is 11.5. The van der Waals surface area contributed by atoms with Gasteiger partial charge in [0.05, 0.1) is 12.6 Å². The van der Waals surface area contributed by atoms with Crippen molar-refractivity contribution in [2.75, 3.05) is 0 Å². The fraction of sp³-hybridized carbons (Fsp3) is 0.0833. The van der Waals surface area contributed by atoms with Crippen LogP contribution in [0.15, 0.2) is 49.3 Å². The van der Waals surface area contributed by atoms with Crippen LogP contribution >= 0.6 is 0 Å². The number of aromatic amines is 1. The molecule has 1 N–H and O–H groups in total. The van der Waals surface area contributed by atoms with Crippen molar-refractivity contribution in [3.05, 3.63) is 60.7 Å². The van der Waals surface area contributed by atoms with Gasteiger partial charge in [0, 0.05) is 0 Å². The van der Waals surface area contributed by atoms with Crippen LogP contribution in [-0.2, 0) is 6.42 Å². The number of H-pyrrole nitrogens is 1. The number of aromatic nitrogens is 2. The molecule has 2 nitrogen and oxygen atoms in total. The van der Waals surface area contributed by atoms with E-state index in [0.29, 0.717) is 0 Å². The Kier molecular flexibility index (Phi) is 4.13. The molecule has 0 saturated heterocycles. The molecular formula is C12H13ClN2. The van der Waals surface area contributed by atoms with Crippen molar-refractivity contribution in [2.45, 2.75) is 6.42 Å². The van der Waals surface area contributed by atoms with Crippen molar-refractivity contribution in [1.82, 2.24) is 4.98 Å². The van der Waals surface area contributed by atoms with E-state index < -0.39 is 0 Å². The molecular weight excluding hydrogens is 208 g/mol. The first-order valence-electron chi connectivity index (χ1n) is 4.64. The molecule has 2 aromatic rings. The third kappa shape index (κ3) is 2.70. The van der Waals surface area contributed by atoms with Gasteiger partial charge in [0.2, 0.25) is 0 Å². The summed E-state index contributed by atoms with van der Waals surface area (Å²) >= 11 is 0. The Balaban J connectivity index is 0.00000112. The van der Waals surface area contributed by atoms with Crippen molar-refractivity contribution in [3.63, 3.8) is 0 Å². The monoisotopic (exact) mass is 220 g/mol. The molecule has 1 aromatic carbocycles. The van der Waals surface area contributed by atoms with Crippen LogP contribution < -0.4 is 17.0 Å². The second-order valence-electron chi connectivity index (χ2n) is 3.16. The maximum atomic E-state index is 3.75. The highest BCUT2D eigenvalue weighted by Crippen LogP contribution is 2.03. The van der Waals surface area contributed by atoms with Gasteiger partial charge in [0.15, 0.2) is 0 Å². The Labute approximate surface area is 95.7 Å². The van der Waals surface area contributed by atoms with Gasteiger partial charge < -0.3 is 12.4 Å². The van der Waals surface area contributed by atoms with E-state index in [-0.39, 0.29) is 12.4 Å². The average molecular weight is 221 g/mol. The van der Waals surface area contributed by atoms with Gasteiger partial charge in [0.25, 0.3) is 5.82 Å². The predicted molar refractivity (Wildman–Crippen MR) is 56.6 cm³/mol. The number of nitrogens with one attached hydrogen (secondary N) is 1. The van der Waals surface area contributed by atoms with E-state index in [4.69, 9.17) is 0 Å². The van der Waals surface area contributed by atoms with E-state index in [1.54, 1.807) is 6.20 Å². The Bertz CT molecular complexity index is 420. The smallest absolute Gasteiger partial charge is 0.263 e. The highest BCUT2D eigenvalue weighted by Gasteiger charge is 2.07. The molecule has 0 bridgehead atoms. The Morgan fingerprint density at radius 2 is 2.00 bits per heavy atom. The van der Waals surface area contributed by atoms with Crippen LogP contribution in [-0.4, -0.2) is 4.98 Å². The number of hydrogen-bond donors (Lipinski definition) is 1. The summed E-state index contributed by atoms with van der Waals surface area (Å²) in [7, 11) is 0. The van der Waals surface area contributed by atoms with Crippen LogP contribution in [0.3, 0.4) is 0 Å². The number of nitrogens with zero attached hydrogens (tertiary/aromatic N) is 1. The molecule has 0 atom stereocenters. The SMILES string of the molecule is C=C[n+]1cc[nH]c1Cc1ccccc1.[Cl-]. The zero-order valence-corrected chi connectivity index (χ0v) is 9.11. The molecule has 78 valence electrons. The van der Waals surface area contributed by atoms with Gasteiger partial charge in [-0.15, -0.1) is 0 Å². The third-order valence-electron chi connectivity index (χ3n) is 2.21. The molecule has 0 spiro atoms. The van der Waals surface area contributed by atoms with Crippen LogP contribution in [0.2, 0.25) is 0 Å². The number of benzene rings is 1. The number of halogens is 1. The van der Waals surface area contributed by atoms with Crippen LogP contribution in [0.4, 0.5) is 0 Å². The highest BCUT2D eigenvalue weighted by molar-refractivity contribution is 5.18. The Morgan fingerprint density at radius 1 is 1.27 bits per heavy atom. The van der Waals surface area contributed by atoms with Crippen molar-refractivity contribution < 1.29 is 17.0 Å². The summed E-state index contributed by atoms with van der Waals surface area (Å²) in [5, 5.41) is 0. The summed E-state index contributed by atoms with van der Waals surface area (Å²) in [6.07, 6.45) is 6.58. The summed E-state index contributed by atoms with van der Waals surface area (Å²) in [6, 6.07) is 10.4. The summed E-state index contributed by atoms with van der Waals surface area (Å²) in [5.74, 6) is 1.14. The topological polar surface area (TPSA) is 19.7 Å². The lowest BCUT2D eigenvalue weighted by Crippen LogP contribution is -3.00. The molecule has 0 saturated carbocycles. The fourth-order valence-electron chi connectivity index (χ4n) is 1.48. The van der Waals surface area contributed by atoms with Crippen molar-refractivity contribution in [3.8, 4) is 0 Å². The minimum Gasteiger partial charge on any atom is -1.00 e. The molecule has 15 heavy (non-hydrogen) atoms. The molecule has 0 amide bonds. The van der Waals surface area contributed by atoms with E-state index in [9.17, 15) is 0 Å². The standard InChI is InChI=1S/C12H12N2.ClH/c1-2-14-9-8-13-12(14)10-11-6-4-3-5-7-11;/h2-9H,1,10H2;1H. The molecule has 1 heterocycles. The number of hydrogen-bond acceptors (Lipinski definition) is 0. The molecule has 3 heteroatoms. The van der Waals surface area contributed by atoms with Crippen LogP contribution in [0.1, 0.15) is 11.4 Å². The quantitative estimate of drug-likeness (QED) is 0.641. The molecule has 2 rings (SSSR count). The maximum absolute atomic E-state index is 3.75. The normalized spacial score (nSPS) is 9.33. The van der Waals surface area contributed by atoms with E-state index in [0.717, 1.165) is 12.2 Å². The maximum Gasteiger partial charge on any atom is 0.263 e. The second kappa shape index (κ2) is 5.37. The summed E-state index contributed by atoms with van der Waals surface area (Å²) < 4.78 is 1.99. The van der Waals surface area contributed by atoms with Crippen molar-refractivity contribution in [2.24, 2.45) is 0 Å². The summed E-state index contributed by atoms with van der Waals surface area (Å²) in [6.45, 7) is 3.75. The van der Waals surface area contributed by atoms with Crippen molar-refractivity contribution in [1.29, 1.82) is 0 Å². The molecule has 0 aliphatic rings. The first-order chi connectivity index (χ1) is 6.90. The minimum atomic E-state index is 0. The number of rotatable bonds is 3. The van der Waals surface area contributed by atoms with Gasteiger partial charge in [-0.3, -0.25) is 0 Å². The van der Waals surface area contributed by atoms with Crippen LogP contribution in [0.5, 0.6) is 0 Å². The van der Waals surface area contributed by atoms with Gasteiger partial charge in [0.1, 0.15) is 12.4 Å². The highest BCUT2D eigenvalue weighted by atomic mass is 35.5. The van der Waals surface area contributed by atoms with Gasteiger partial charge in [-0.2, -0.15) is 0 Å². The van der Waals surface area contributed by atoms with Gasteiger partial charge in [-0.05, 0) is 5.56 Å².